The van der Waals surface area contributed by atoms with Gasteiger partial charge in [0.1, 0.15) is 0 Å². The van der Waals surface area contributed by atoms with Gasteiger partial charge in [-0.25, -0.2) is 0 Å². The lowest BCUT2D eigenvalue weighted by Gasteiger charge is -2.27. The third-order valence-electron chi connectivity index (χ3n) is 2.46. The van der Waals surface area contributed by atoms with E-state index in [1.54, 1.807) is 4.90 Å². The number of thiocarbonyl (C=S) groups is 1. The lowest BCUT2D eigenvalue weighted by Crippen LogP contribution is -2.34. The third kappa shape index (κ3) is 4.62. The minimum atomic E-state index is -4.48. The topological polar surface area (TPSA) is 55.0 Å². The molecule has 0 spiro atoms. The lowest BCUT2D eigenvalue weighted by molar-refractivity contribution is -0.141. The van der Waals surface area contributed by atoms with Gasteiger partial charge in [0.15, 0.2) is 11.5 Å². The average molecular weight is 292 g/mol. The molecular weight excluding hydrogens is 277 g/mol. The summed E-state index contributed by atoms with van der Waals surface area (Å²) in [5, 5.41) is 6.82. The highest BCUT2D eigenvalue weighted by molar-refractivity contribution is 7.80. The zero-order valence-corrected chi connectivity index (χ0v) is 11.4. The molecule has 1 heterocycles. The van der Waals surface area contributed by atoms with Gasteiger partial charge in [-0.05, 0) is 26.0 Å². The van der Waals surface area contributed by atoms with Crippen molar-refractivity contribution in [1.29, 1.82) is 0 Å². The Morgan fingerprint density at radius 2 is 2.00 bits per heavy atom. The Labute approximate surface area is 114 Å². The second-order valence-corrected chi connectivity index (χ2v) is 4.80. The van der Waals surface area contributed by atoms with Crippen LogP contribution in [0.2, 0.25) is 0 Å². The zero-order valence-electron chi connectivity index (χ0n) is 10.6. The van der Waals surface area contributed by atoms with Gasteiger partial charge in [0.25, 0.3) is 0 Å². The quantitative estimate of drug-likeness (QED) is 0.845. The first-order chi connectivity index (χ1) is 8.71. The van der Waals surface area contributed by atoms with Gasteiger partial charge in [-0.3, -0.25) is 0 Å². The summed E-state index contributed by atoms with van der Waals surface area (Å²) in [6.45, 7) is 4.30. The van der Waals surface area contributed by atoms with Crippen molar-refractivity contribution >= 4 is 23.0 Å². The van der Waals surface area contributed by atoms with Gasteiger partial charge >= 0.3 is 6.18 Å². The van der Waals surface area contributed by atoms with Crippen LogP contribution in [-0.2, 0) is 6.18 Å². The van der Waals surface area contributed by atoms with Crippen molar-refractivity contribution in [3.63, 3.8) is 0 Å². The molecule has 8 heteroatoms. The fourth-order valence-electron chi connectivity index (χ4n) is 1.50. The molecule has 0 saturated heterocycles. The molecule has 0 aliphatic heterocycles. The smallest absolute Gasteiger partial charge is 0.393 e. The Morgan fingerprint density at radius 1 is 1.37 bits per heavy atom. The molecule has 0 aliphatic rings. The number of halogens is 3. The van der Waals surface area contributed by atoms with Crippen molar-refractivity contribution in [3.8, 4) is 0 Å². The SMILES string of the molecule is CC(C)N(CCC(N)=S)c1ccc(C(F)(F)F)nn1. The van der Waals surface area contributed by atoms with E-state index >= 15 is 0 Å². The van der Waals surface area contributed by atoms with Crippen LogP contribution in [0, 0.1) is 0 Å². The van der Waals surface area contributed by atoms with Crippen molar-refractivity contribution in [2.45, 2.75) is 32.5 Å². The number of alkyl halides is 3. The van der Waals surface area contributed by atoms with Gasteiger partial charge in [0.2, 0.25) is 0 Å². The molecule has 1 rings (SSSR count). The summed E-state index contributed by atoms with van der Waals surface area (Å²) in [5.74, 6) is 0.374. The van der Waals surface area contributed by atoms with E-state index in [4.69, 9.17) is 18.0 Å². The maximum Gasteiger partial charge on any atom is 0.435 e. The highest BCUT2D eigenvalue weighted by Crippen LogP contribution is 2.27. The fraction of sp³-hybridized carbons (Fsp3) is 0.545. The number of nitrogens with zero attached hydrogens (tertiary/aromatic N) is 3. The van der Waals surface area contributed by atoms with Crippen LogP contribution in [0.25, 0.3) is 0 Å². The van der Waals surface area contributed by atoms with Crippen LogP contribution < -0.4 is 10.6 Å². The molecule has 2 N–H and O–H groups in total. The monoisotopic (exact) mass is 292 g/mol. The number of anilines is 1. The van der Waals surface area contributed by atoms with E-state index in [1.807, 2.05) is 13.8 Å². The first-order valence-corrected chi connectivity index (χ1v) is 6.08. The molecule has 0 fully saturated rings. The van der Waals surface area contributed by atoms with E-state index in [0.717, 1.165) is 6.07 Å². The number of nitrogens with two attached hydrogens (primary N) is 1. The largest absolute Gasteiger partial charge is 0.435 e. The fourth-order valence-corrected chi connectivity index (χ4v) is 1.59. The van der Waals surface area contributed by atoms with Gasteiger partial charge < -0.3 is 10.6 Å². The second kappa shape index (κ2) is 6.14. The van der Waals surface area contributed by atoms with Crippen molar-refractivity contribution in [1.82, 2.24) is 10.2 Å². The van der Waals surface area contributed by atoms with E-state index in [1.165, 1.54) is 6.07 Å². The van der Waals surface area contributed by atoms with Crippen LogP contribution in [0.4, 0.5) is 19.0 Å². The molecule has 1 aromatic rings. The van der Waals surface area contributed by atoms with Gasteiger partial charge in [-0.2, -0.15) is 13.2 Å². The second-order valence-electron chi connectivity index (χ2n) is 4.28. The molecule has 0 unspecified atom stereocenters. The van der Waals surface area contributed by atoms with Crippen LogP contribution >= 0.6 is 12.2 Å². The number of hydrogen-bond acceptors (Lipinski definition) is 4. The average Bonchev–Trinajstić information content (AvgIpc) is 2.27. The summed E-state index contributed by atoms with van der Waals surface area (Å²) in [4.78, 5) is 2.15. The van der Waals surface area contributed by atoms with Crippen molar-refractivity contribution < 1.29 is 13.2 Å². The van der Waals surface area contributed by atoms with Crippen LogP contribution in [0.15, 0.2) is 12.1 Å². The standard InChI is InChI=1S/C11H15F3N4S/c1-7(2)18(6-5-9(15)19)10-4-3-8(16-17-10)11(12,13)14/h3-4,7H,5-6H2,1-2H3,(H2,15,19). The Kier molecular flexibility index (Phi) is 5.04. The van der Waals surface area contributed by atoms with Gasteiger partial charge in [0.05, 0.1) is 4.99 Å². The molecule has 4 nitrogen and oxygen atoms in total. The van der Waals surface area contributed by atoms with E-state index in [9.17, 15) is 13.2 Å². The van der Waals surface area contributed by atoms with Crippen molar-refractivity contribution in [2.75, 3.05) is 11.4 Å². The molecule has 0 aromatic carbocycles. The summed E-state index contributed by atoms with van der Waals surface area (Å²) < 4.78 is 37.2. The summed E-state index contributed by atoms with van der Waals surface area (Å²) >= 11 is 4.79. The maximum atomic E-state index is 12.4. The van der Waals surface area contributed by atoms with E-state index < -0.39 is 11.9 Å². The molecule has 0 saturated carbocycles. The Balaban J connectivity index is 2.88. The van der Waals surface area contributed by atoms with Crippen molar-refractivity contribution in [3.05, 3.63) is 17.8 Å². The molecule has 0 radical (unpaired) electrons. The molecule has 106 valence electrons. The van der Waals surface area contributed by atoms with E-state index in [-0.39, 0.29) is 6.04 Å². The first kappa shape index (κ1) is 15.6. The molecule has 1 aromatic heterocycles. The van der Waals surface area contributed by atoms with Gasteiger partial charge in [0, 0.05) is 19.0 Å². The zero-order chi connectivity index (χ0) is 14.6. The number of hydrogen-bond donors (Lipinski definition) is 1. The predicted molar refractivity (Wildman–Crippen MR) is 70.9 cm³/mol. The molecular formula is C11H15F3N4S. The normalized spacial score (nSPS) is 11.7. The molecule has 0 atom stereocenters. The number of rotatable bonds is 5. The maximum absolute atomic E-state index is 12.4. The highest BCUT2D eigenvalue weighted by Gasteiger charge is 2.33. The van der Waals surface area contributed by atoms with E-state index in [2.05, 4.69) is 10.2 Å². The summed E-state index contributed by atoms with van der Waals surface area (Å²) in [7, 11) is 0. The van der Waals surface area contributed by atoms with Crippen molar-refractivity contribution in [2.24, 2.45) is 5.73 Å². The lowest BCUT2D eigenvalue weighted by atomic mass is 10.2. The minimum absolute atomic E-state index is 0.0559. The third-order valence-corrected chi connectivity index (χ3v) is 2.66. The molecule has 0 bridgehead atoms. The Bertz CT molecular complexity index is 431. The Hall–Kier alpha value is -1.44. The van der Waals surface area contributed by atoms with Crippen LogP contribution in [0.5, 0.6) is 0 Å². The summed E-state index contributed by atoms with van der Waals surface area (Å²) in [5.41, 5.74) is 4.41. The summed E-state index contributed by atoms with van der Waals surface area (Å²) in [6.07, 6.45) is -4.01. The summed E-state index contributed by atoms with van der Waals surface area (Å²) in [6, 6.07) is 2.27. The van der Waals surface area contributed by atoms with Crippen LogP contribution in [-0.4, -0.2) is 27.8 Å². The van der Waals surface area contributed by atoms with Gasteiger partial charge in [-0.1, -0.05) is 12.2 Å². The molecule has 0 amide bonds. The van der Waals surface area contributed by atoms with Crippen LogP contribution in [0.3, 0.4) is 0 Å². The predicted octanol–water partition coefficient (Wildman–Crippen LogP) is 2.39. The highest BCUT2D eigenvalue weighted by atomic mass is 32.1. The molecule has 0 aliphatic carbocycles. The Morgan fingerprint density at radius 3 is 2.37 bits per heavy atom. The van der Waals surface area contributed by atoms with Crippen LogP contribution in [0.1, 0.15) is 26.0 Å². The van der Waals surface area contributed by atoms with E-state index in [0.29, 0.717) is 23.8 Å². The molecule has 19 heavy (non-hydrogen) atoms. The first-order valence-electron chi connectivity index (χ1n) is 5.67. The van der Waals surface area contributed by atoms with Gasteiger partial charge in [-0.15, -0.1) is 10.2 Å². The number of aromatic nitrogens is 2. The minimum Gasteiger partial charge on any atom is -0.393 e.